The zero-order valence-electron chi connectivity index (χ0n) is 23.1. The number of aliphatic hydroxyl groups excluding tert-OH is 1. The molecule has 1 fully saturated rings. The quantitative estimate of drug-likeness (QED) is 0.0649. The summed E-state index contributed by atoms with van der Waals surface area (Å²) in [5.41, 5.74) is 3.69. The van der Waals surface area contributed by atoms with E-state index in [1.807, 2.05) is 39.0 Å². The van der Waals surface area contributed by atoms with Gasteiger partial charge in [-0.3, -0.25) is 14.5 Å². The maximum atomic E-state index is 13.6. The predicted molar refractivity (Wildman–Crippen MR) is 169 cm³/mol. The third kappa shape index (κ3) is 6.20. The van der Waals surface area contributed by atoms with E-state index in [4.69, 9.17) is 27.9 Å². The number of amides is 1. The second-order valence-electron chi connectivity index (χ2n) is 9.78. The van der Waals surface area contributed by atoms with Crippen molar-refractivity contribution in [2.24, 2.45) is 0 Å². The highest BCUT2D eigenvalue weighted by Crippen LogP contribution is 2.44. The fourth-order valence-electron chi connectivity index (χ4n) is 4.58. The maximum absolute atomic E-state index is 13.6. The van der Waals surface area contributed by atoms with E-state index in [0.29, 0.717) is 43.6 Å². The molecule has 216 valence electrons. The van der Waals surface area contributed by atoms with Crippen LogP contribution in [0.3, 0.4) is 0 Å². The van der Waals surface area contributed by atoms with Crippen molar-refractivity contribution in [1.82, 2.24) is 10.2 Å². The molecule has 42 heavy (non-hydrogen) atoms. The van der Waals surface area contributed by atoms with Crippen LogP contribution in [0, 0.1) is 13.8 Å². The number of aliphatic hydroxyl groups is 1. The summed E-state index contributed by atoms with van der Waals surface area (Å²) in [7, 11) is 0. The highest BCUT2D eigenvalue weighted by Gasteiger charge is 2.48. The third-order valence-electron chi connectivity index (χ3n) is 6.73. The van der Waals surface area contributed by atoms with Crippen LogP contribution in [0.1, 0.15) is 47.2 Å². The van der Waals surface area contributed by atoms with Gasteiger partial charge in [-0.25, -0.2) is 0 Å². The van der Waals surface area contributed by atoms with Gasteiger partial charge in [0.2, 0.25) is 5.13 Å². The van der Waals surface area contributed by atoms with E-state index in [1.54, 1.807) is 42.5 Å². The lowest BCUT2D eigenvalue weighted by molar-refractivity contribution is -0.132. The molecule has 3 aromatic carbocycles. The van der Waals surface area contributed by atoms with Crippen LogP contribution in [-0.4, -0.2) is 33.6 Å². The number of Topliss-reactive ketones (excluding diaryl/α,β-unsaturated/α-hetero) is 1. The molecule has 0 bridgehead atoms. The van der Waals surface area contributed by atoms with Crippen molar-refractivity contribution >= 4 is 68.9 Å². The summed E-state index contributed by atoms with van der Waals surface area (Å²) in [6.45, 7) is 6.34. The molecule has 0 spiro atoms. The number of carbonyl (C=O) groups is 2. The molecular formula is C31H27Cl2N3O4S2. The molecule has 1 atom stereocenters. The van der Waals surface area contributed by atoms with Gasteiger partial charge in [0.25, 0.3) is 5.78 Å². The summed E-state index contributed by atoms with van der Waals surface area (Å²) in [4.78, 5) is 28.5. The monoisotopic (exact) mass is 639 g/mol. The number of ketones is 1. The highest BCUT2D eigenvalue weighted by atomic mass is 35.5. The number of ether oxygens (including phenoxy) is 1. The van der Waals surface area contributed by atoms with Crippen LogP contribution < -0.4 is 9.64 Å². The first-order chi connectivity index (χ1) is 20.2. The summed E-state index contributed by atoms with van der Waals surface area (Å²) in [6.07, 6.45) is 0.860. The number of halogens is 2. The first kappa shape index (κ1) is 30.1. The summed E-state index contributed by atoms with van der Waals surface area (Å²) >= 11 is 14.9. The van der Waals surface area contributed by atoms with Gasteiger partial charge in [-0.1, -0.05) is 89.1 Å². The van der Waals surface area contributed by atoms with Crippen LogP contribution in [-0.2, 0) is 15.3 Å². The Morgan fingerprint density at radius 1 is 1.05 bits per heavy atom. The minimum absolute atomic E-state index is 0.00623. The lowest BCUT2D eigenvalue weighted by atomic mass is 9.93. The summed E-state index contributed by atoms with van der Waals surface area (Å²) < 4.78 is 6.32. The minimum atomic E-state index is -0.915. The molecule has 1 unspecified atom stereocenters. The van der Waals surface area contributed by atoms with Crippen molar-refractivity contribution in [2.75, 3.05) is 11.5 Å². The Bertz CT molecular complexity index is 1690. The van der Waals surface area contributed by atoms with Crippen LogP contribution in [0.25, 0.3) is 5.76 Å². The van der Waals surface area contributed by atoms with E-state index < -0.39 is 17.7 Å². The molecule has 1 aliphatic rings. The van der Waals surface area contributed by atoms with Gasteiger partial charge in [0, 0.05) is 21.4 Å². The Hall–Kier alpha value is -3.37. The molecule has 1 aromatic heterocycles. The van der Waals surface area contributed by atoms with E-state index in [2.05, 4.69) is 10.2 Å². The molecule has 1 amide bonds. The number of rotatable bonds is 9. The van der Waals surface area contributed by atoms with Crippen molar-refractivity contribution in [3.8, 4) is 5.75 Å². The van der Waals surface area contributed by atoms with E-state index >= 15 is 0 Å². The lowest BCUT2D eigenvalue weighted by Crippen LogP contribution is -2.29. The van der Waals surface area contributed by atoms with Gasteiger partial charge >= 0.3 is 5.91 Å². The van der Waals surface area contributed by atoms with Gasteiger partial charge in [-0.15, -0.1) is 10.2 Å². The zero-order chi connectivity index (χ0) is 30.0. The Morgan fingerprint density at radius 2 is 1.81 bits per heavy atom. The average Bonchev–Trinajstić information content (AvgIpc) is 3.54. The zero-order valence-corrected chi connectivity index (χ0v) is 26.2. The first-order valence-corrected chi connectivity index (χ1v) is 15.7. The molecule has 0 saturated carbocycles. The number of nitrogens with zero attached hydrogens (tertiary/aromatic N) is 3. The Balaban J connectivity index is 1.54. The number of benzene rings is 3. The third-order valence-corrected chi connectivity index (χ3v) is 9.42. The fourth-order valence-corrected chi connectivity index (χ4v) is 7.01. The van der Waals surface area contributed by atoms with Crippen LogP contribution in [0.2, 0.25) is 10.0 Å². The van der Waals surface area contributed by atoms with Gasteiger partial charge in [0.15, 0.2) is 4.34 Å². The Labute approximate surface area is 262 Å². The van der Waals surface area contributed by atoms with Crippen molar-refractivity contribution < 1.29 is 19.4 Å². The van der Waals surface area contributed by atoms with Crippen molar-refractivity contribution in [1.29, 1.82) is 0 Å². The normalized spacial score (nSPS) is 16.3. The Kier molecular flexibility index (Phi) is 9.22. The summed E-state index contributed by atoms with van der Waals surface area (Å²) in [6, 6.07) is 17.2. The molecule has 1 saturated heterocycles. The first-order valence-electron chi connectivity index (χ1n) is 13.2. The summed E-state index contributed by atoms with van der Waals surface area (Å²) in [5.74, 6) is -0.625. The second kappa shape index (κ2) is 12.9. The topological polar surface area (TPSA) is 92.6 Å². The molecule has 5 rings (SSSR count). The van der Waals surface area contributed by atoms with E-state index in [1.165, 1.54) is 28.0 Å². The molecular weight excluding hydrogens is 613 g/mol. The number of carbonyl (C=O) groups excluding carboxylic acids is 2. The van der Waals surface area contributed by atoms with Gasteiger partial charge in [-0.2, -0.15) is 0 Å². The lowest BCUT2D eigenvalue weighted by Gasteiger charge is -2.23. The van der Waals surface area contributed by atoms with E-state index in [-0.39, 0.29) is 16.5 Å². The molecule has 7 nitrogen and oxygen atoms in total. The number of aromatic nitrogens is 2. The molecule has 11 heteroatoms. The van der Waals surface area contributed by atoms with Gasteiger partial charge in [0.1, 0.15) is 11.5 Å². The SMILES string of the molecule is CCCOc1ccc(C2C(=C(O)c3cc(C)ccc3C)C(=O)C(=O)N2c2nnc(SCc3ccc(Cl)cc3Cl)s2)cc1. The number of aryl methyl sites for hydroxylation is 2. The molecule has 1 N–H and O–H groups in total. The average molecular weight is 641 g/mol. The maximum Gasteiger partial charge on any atom is 0.301 e. The van der Waals surface area contributed by atoms with Crippen LogP contribution in [0.4, 0.5) is 5.13 Å². The van der Waals surface area contributed by atoms with Gasteiger partial charge in [0.05, 0.1) is 18.2 Å². The van der Waals surface area contributed by atoms with Crippen LogP contribution >= 0.6 is 46.3 Å². The number of thioether (sulfide) groups is 1. The van der Waals surface area contributed by atoms with Crippen molar-refractivity contribution in [2.45, 2.75) is 43.3 Å². The van der Waals surface area contributed by atoms with Crippen molar-refractivity contribution in [3.05, 3.63) is 104 Å². The minimum Gasteiger partial charge on any atom is -0.507 e. The molecule has 2 heterocycles. The van der Waals surface area contributed by atoms with Gasteiger partial charge in [-0.05, 0) is 67.3 Å². The second-order valence-corrected chi connectivity index (χ2v) is 12.8. The van der Waals surface area contributed by atoms with Crippen LogP contribution in [0.15, 0.2) is 70.6 Å². The molecule has 4 aromatic rings. The standard InChI is InChI=1S/C31H27Cl2N3O4S2/c1-4-13-40-22-11-8-19(9-12-22)26-25(27(37)23-14-17(2)5-6-18(23)3)28(38)29(39)36(26)30-34-35-31(42-30)41-16-20-7-10-21(32)15-24(20)33/h5-12,14-15,26,37H,4,13,16H2,1-3H3. The fraction of sp³-hybridized carbons (Fsp3) is 0.226. The highest BCUT2D eigenvalue weighted by molar-refractivity contribution is 8.00. The van der Waals surface area contributed by atoms with Crippen LogP contribution in [0.5, 0.6) is 5.75 Å². The van der Waals surface area contributed by atoms with E-state index in [0.717, 1.165) is 23.1 Å². The molecule has 0 radical (unpaired) electrons. The summed E-state index contributed by atoms with van der Waals surface area (Å²) in [5, 5.41) is 21.4. The predicted octanol–water partition coefficient (Wildman–Crippen LogP) is 8.17. The van der Waals surface area contributed by atoms with Crippen molar-refractivity contribution in [3.63, 3.8) is 0 Å². The van der Waals surface area contributed by atoms with E-state index in [9.17, 15) is 14.7 Å². The largest absolute Gasteiger partial charge is 0.507 e. The molecule has 0 aliphatic carbocycles. The number of anilines is 1. The smallest absolute Gasteiger partial charge is 0.301 e. The number of hydrogen-bond acceptors (Lipinski definition) is 8. The Morgan fingerprint density at radius 3 is 2.52 bits per heavy atom. The molecule has 1 aliphatic heterocycles. The van der Waals surface area contributed by atoms with Gasteiger partial charge < -0.3 is 9.84 Å². The number of hydrogen-bond donors (Lipinski definition) is 1.